The van der Waals surface area contributed by atoms with Crippen molar-refractivity contribution in [3.63, 3.8) is 0 Å². The molecule has 0 aromatic heterocycles. The Morgan fingerprint density at radius 1 is 1.38 bits per heavy atom. The van der Waals surface area contributed by atoms with E-state index in [-0.39, 0.29) is 17.0 Å². The summed E-state index contributed by atoms with van der Waals surface area (Å²) in [6, 6.07) is 2.25. The highest BCUT2D eigenvalue weighted by atomic mass is 32.1. The monoisotopic (exact) mass is 199 g/mol. The lowest BCUT2D eigenvalue weighted by Crippen LogP contribution is -1.96. The predicted octanol–water partition coefficient (Wildman–Crippen LogP) is 1.83. The Bertz CT molecular complexity index is 379. The highest BCUT2D eigenvalue weighted by molar-refractivity contribution is 7.80. The van der Waals surface area contributed by atoms with Gasteiger partial charge in [-0.2, -0.15) is 12.6 Å². The normalized spacial score (nSPS) is 9.15. The third-order valence-electron chi connectivity index (χ3n) is 1.42. The summed E-state index contributed by atoms with van der Waals surface area (Å²) >= 11 is 3.81. The fraction of sp³-hybridized carbons (Fsp3) is 0.111. The second kappa shape index (κ2) is 4.15. The lowest BCUT2D eigenvalue weighted by atomic mass is 10.1. The van der Waals surface area contributed by atoms with Crippen LogP contribution in [0.5, 0.6) is 0 Å². The van der Waals surface area contributed by atoms with E-state index >= 15 is 0 Å². The molecule has 0 spiro atoms. The summed E-state index contributed by atoms with van der Waals surface area (Å²) in [5.41, 5.74) is 5.43. The van der Waals surface area contributed by atoms with E-state index in [9.17, 15) is 8.78 Å². The number of thiol groups is 1. The summed E-state index contributed by atoms with van der Waals surface area (Å²) in [5, 5.41) is 0. The Kier molecular flexibility index (Phi) is 3.15. The van der Waals surface area contributed by atoms with E-state index in [2.05, 4.69) is 24.5 Å². The van der Waals surface area contributed by atoms with E-state index in [1.54, 1.807) is 0 Å². The summed E-state index contributed by atoms with van der Waals surface area (Å²) in [4.78, 5) is 0. The number of benzene rings is 1. The zero-order valence-corrected chi connectivity index (χ0v) is 7.54. The smallest absolute Gasteiger partial charge is 0.176 e. The lowest BCUT2D eigenvalue weighted by molar-refractivity contribution is 0.507. The Morgan fingerprint density at radius 3 is 2.69 bits per heavy atom. The highest BCUT2D eigenvalue weighted by Crippen LogP contribution is 2.17. The van der Waals surface area contributed by atoms with Crippen LogP contribution in [0, 0.1) is 23.5 Å². The molecule has 0 aliphatic carbocycles. The molecule has 0 fully saturated rings. The van der Waals surface area contributed by atoms with Gasteiger partial charge in [-0.15, -0.1) is 0 Å². The Labute approximate surface area is 80.4 Å². The lowest BCUT2D eigenvalue weighted by Gasteiger charge is -1.99. The number of rotatable bonds is 0. The van der Waals surface area contributed by atoms with Crippen molar-refractivity contribution in [1.82, 2.24) is 0 Å². The maximum absolute atomic E-state index is 13.0. The number of hydrogen-bond donors (Lipinski definition) is 2. The third kappa shape index (κ3) is 2.13. The molecule has 0 saturated heterocycles. The molecule has 0 amide bonds. The van der Waals surface area contributed by atoms with Crippen molar-refractivity contribution in [3.8, 4) is 11.8 Å². The Balaban J connectivity index is 3.25. The molecule has 13 heavy (non-hydrogen) atoms. The highest BCUT2D eigenvalue weighted by Gasteiger charge is 2.08. The van der Waals surface area contributed by atoms with Gasteiger partial charge in [-0.3, -0.25) is 0 Å². The van der Waals surface area contributed by atoms with Crippen molar-refractivity contribution in [2.24, 2.45) is 0 Å². The average Bonchev–Trinajstić information content (AvgIpc) is 2.12. The van der Waals surface area contributed by atoms with Crippen LogP contribution in [0.4, 0.5) is 14.5 Å². The van der Waals surface area contributed by atoms with E-state index in [1.807, 2.05) is 0 Å². The van der Waals surface area contributed by atoms with Crippen molar-refractivity contribution in [2.75, 3.05) is 11.5 Å². The van der Waals surface area contributed by atoms with Crippen LogP contribution in [0.15, 0.2) is 12.1 Å². The van der Waals surface area contributed by atoms with Gasteiger partial charge in [-0.25, -0.2) is 8.78 Å². The summed E-state index contributed by atoms with van der Waals surface area (Å²) in [6.45, 7) is 0. The molecule has 4 heteroatoms. The van der Waals surface area contributed by atoms with Crippen LogP contribution in [-0.2, 0) is 0 Å². The average molecular weight is 199 g/mol. The van der Waals surface area contributed by atoms with Crippen LogP contribution in [0.25, 0.3) is 0 Å². The first-order valence-electron chi connectivity index (χ1n) is 3.50. The molecular weight excluding hydrogens is 192 g/mol. The van der Waals surface area contributed by atoms with Gasteiger partial charge in [0.15, 0.2) is 11.6 Å². The molecule has 0 bridgehead atoms. The molecular formula is C9H7F2NS. The minimum absolute atomic E-state index is 0.103. The van der Waals surface area contributed by atoms with E-state index < -0.39 is 11.6 Å². The van der Waals surface area contributed by atoms with Gasteiger partial charge < -0.3 is 5.73 Å². The van der Waals surface area contributed by atoms with Crippen LogP contribution >= 0.6 is 12.6 Å². The van der Waals surface area contributed by atoms with Crippen molar-refractivity contribution in [3.05, 3.63) is 29.3 Å². The molecule has 68 valence electrons. The number of nitrogens with two attached hydrogens (primary N) is 1. The molecule has 1 aromatic carbocycles. The van der Waals surface area contributed by atoms with Crippen molar-refractivity contribution < 1.29 is 8.78 Å². The van der Waals surface area contributed by atoms with Crippen LogP contribution < -0.4 is 5.73 Å². The zero-order valence-electron chi connectivity index (χ0n) is 6.64. The van der Waals surface area contributed by atoms with Crippen LogP contribution in [0.2, 0.25) is 0 Å². The SMILES string of the molecule is Nc1ccc(F)c(F)c1C#CCS. The number of nitrogen functional groups attached to an aromatic ring is 1. The summed E-state index contributed by atoms with van der Waals surface area (Å²) in [7, 11) is 0. The van der Waals surface area contributed by atoms with E-state index in [0.29, 0.717) is 0 Å². The minimum atomic E-state index is -1.01. The maximum atomic E-state index is 13.0. The zero-order chi connectivity index (χ0) is 9.84. The topological polar surface area (TPSA) is 26.0 Å². The Hall–Kier alpha value is -1.21. The quantitative estimate of drug-likeness (QED) is 0.372. The van der Waals surface area contributed by atoms with Crippen LogP contribution in [0.1, 0.15) is 5.56 Å². The van der Waals surface area contributed by atoms with Crippen molar-refractivity contribution in [1.29, 1.82) is 0 Å². The van der Waals surface area contributed by atoms with Crippen LogP contribution in [-0.4, -0.2) is 5.75 Å². The van der Waals surface area contributed by atoms with Gasteiger partial charge in [0.25, 0.3) is 0 Å². The molecule has 0 heterocycles. The first-order valence-corrected chi connectivity index (χ1v) is 4.13. The summed E-state index contributed by atoms with van der Waals surface area (Å²) in [6.07, 6.45) is 0. The number of hydrogen-bond acceptors (Lipinski definition) is 2. The van der Waals surface area contributed by atoms with Gasteiger partial charge in [0.2, 0.25) is 0 Å². The van der Waals surface area contributed by atoms with Gasteiger partial charge in [-0.05, 0) is 12.1 Å². The first kappa shape index (κ1) is 9.87. The van der Waals surface area contributed by atoms with Crippen molar-refractivity contribution in [2.45, 2.75) is 0 Å². The predicted molar refractivity (Wildman–Crippen MR) is 51.5 cm³/mol. The van der Waals surface area contributed by atoms with Gasteiger partial charge >= 0.3 is 0 Å². The summed E-state index contributed by atoms with van der Waals surface area (Å²) < 4.78 is 25.7. The van der Waals surface area contributed by atoms with Gasteiger partial charge in [0.05, 0.1) is 17.0 Å². The van der Waals surface area contributed by atoms with Gasteiger partial charge in [0, 0.05) is 0 Å². The largest absolute Gasteiger partial charge is 0.398 e. The van der Waals surface area contributed by atoms with Crippen molar-refractivity contribution >= 4 is 18.3 Å². The molecule has 1 nitrogen and oxygen atoms in total. The first-order chi connectivity index (χ1) is 6.16. The Morgan fingerprint density at radius 2 is 2.08 bits per heavy atom. The summed E-state index contributed by atoms with van der Waals surface area (Å²) in [5.74, 6) is 3.23. The molecule has 2 N–H and O–H groups in total. The second-order valence-corrected chi connectivity index (χ2v) is 2.60. The maximum Gasteiger partial charge on any atom is 0.176 e. The standard InChI is InChI=1S/C9H7F2NS/c10-7-3-4-8(12)6(9(7)11)2-1-5-13/h3-4,13H,5,12H2. The van der Waals surface area contributed by atoms with E-state index in [1.165, 1.54) is 6.07 Å². The minimum Gasteiger partial charge on any atom is -0.398 e. The van der Waals surface area contributed by atoms with Gasteiger partial charge in [0.1, 0.15) is 0 Å². The molecule has 0 aliphatic rings. The molecule has 1 aromatic rings. The van der Waals surface area contributed by atoms with Gasteiger partial charge in [-0.1, -0.05) is 11.8 Å². The molecule has 0 atom stereocenters. The third-order valence-corrected chi connectivity index (χ3v) is 1.58. The molecule has 1 rings (SSSR count). The molecule has 0 saturated carbocycles. The second-order valence-electron chi connectivity index (χ2n) is 2.29. The van der Waals surface area contributed by atoms with Crippen LogP contribution in [0.3, 0.4) is 0 Å². The number of anilines is 1. The van der Waals surface area contributed by atoms with E-state index in [4.69, 9.17) is 5.73 Å². The van der Waals surface area contributed by atoms with E-state index in [0.717, 1.165) is 6.07 Å². The fourth-order valence-electron chi connectivity index (χ4n) is 0.821. The number of halogens is 2. The molecule has 0 unspecified atom stereocenters. The molecule has 0 radical (unpaired) electrons. The fourth-order valence-corrected chi connectivity index (χ4v) is 0.900. The molecule has 0 aliphatic heterocycles.